The Hall–Kier alpha value is -1.69. The van der Waals surface area contributed by atoms with Crippen LogP contribution >= 0.6 is 0 Å². The first-order valence-corrected chi connectivity index (χ1v) is 5.42. The van der Waals surface area contributed by atoms with E-state index in [1.165, 1.54) is 6.07 Å². The molecule has 0 atom stereocenters. The van der Waals surface area contributed by atoms with E-state index in [2.05, 4.69) is 9.97 Å². The highest BCUT2D eigenvalue weighted by Gasteiger charge is 2.11. The quantitative estimate of drug-likeness (QED) is 0.745. The first-order valence-electron chi connectivity index (χ1n) is 5.42. The van der Waals surface area contributed by atoms with Gasteiger partial charge >= 0.3 is 5.97 Å². The van der Waals surface area contributed by atoms with Gasteiger partial charge in [-0.25, -0.2) is 14.8 Å². The van der Waals surface area contributed by atoms with Gasteiger partial charge in [-0.3, -0.25) is 0 Å². The van der Waals surface area contributed by atoms with E-state index in [9.17, 15) is 4.79 Å². The zero-order valence-corrected chi connectivity index (χ0v) is 10.3. The maximum absolute atomic E-state index is 10.9. The summed E-state index contributed by atoms with van der Waals surface area (Å²) in [4.78, 5) is 20.8. The Labute approximate surface area is 100 Å². The molecular weight excluding hydrogens is 222 g/mol. The highest BCUT2D eigenvalue weighted by Crippen LogP contribution is 2.08. The van der Waals surface area contributed by atoms with Crippen LogP contribution in [0.4, 0.5) is 5.95 Å². The average molecular weight is 239 g/mol. The summed E-state index contributed by atoms with van der Waals surface area (Å²) in [7, 11) is 1.80. The van der Waals surface area contributed by atoms with Crippen LogP contribution in [0.1, 0.15) is 23.1 Å². The number of carboxylic acids is 1. The number of hydrogen-bond donors (Lipinski definition) is 1. The molecule has 0 fully saturated rings. The number of ether oxygens (including phenoxy) is 1. The van der Waals surface area contributed by atoms with Crippen LogP contribution in [0.2, 0.25) is 0 Å². The molecule has 0 aliphatic heterocycles. The molecule has 1 aromatic rings. The van der Waals surface area contributed by atoms with Crippen LogP contribution in [0.15, 0.2) is 6.07 Å². The molecule has 1 aromatic heterocycles. The molecular formula is C11H17N3O3. The number of carbonyl (C=O) groups is 1. The number of aromatic nitrogens is 2. The lowest BCUT2D eigenvalue weighted by Crippen LogP contribution is -2.25. The van der Waals surface area contributed by atoms with E-state index in [-0.39, 0.29) is 5.69 Å². The van der Waals surface area contributed by atoms with Crippen LogP contribution in [0.25, 0.3) is 0 Å². The van der Waals surface area contributed by atoms with Gasteiger partial charge in [-0.1, -0.05) is 0 Å². The first kappa shape index (κ1) is 13.4. The molecule has 1 heterocycles. The van der Waals surface area contributed by atoms with E-state index >= 15 is 0 Å². The molecule has 0 unspecified atom stereocenters. The van der Waals surface area contributed by atoms with Gasteiger partial charge in [0.2, 0.25) is 5.95 Å². The summed E-state index contributed by atoms with van der Waals surface area (Å²) in [5.74, 6) is -0.642. The van der Waals surface area contributed by atoms with E-state index in [4.69, 9.17) is 9.84 Å². The van der Waals surface area contributed by atoms with Gasteiger partial charge < -0.3 is 14.7 Å². The molecule has 0 amide bonds. The Morgan fingerprint density at radius 3 is 2.82 bits per heavy atom. The van der Waals surface area contributed by atoms with Crippen molar-refractivity contribution in [3.63, 3.8) is 0 Å². The van der Waals surface area contributed by atoms with Gasteiger partial charge in [0.15, 0.2) is 5.69 Å². The third kappa shape index (κ3) is 3.99. The number of aromatic carboxylic acids is 1. The lowest BCUT2D eigenvalue weighted by molar-refractivity contribution is 0.0690. The molecule has 1 N–H and O–H groups in total. The molecule has 1 rings (SSSR count). The number of nitrogens with zero attached hydrogens (tertiary/aromatic N) is 3. The van der Waals surface area contributed by atoms with E-state index in [1.54, 1.807) is 18.9 Å². The standard InChI is InChI=1S/C11H17N3O3/c1-4-17-6-5-14(3)11-12-8(2)7-9(13-11)10(15)16/h7H,4-6H2,1-3H3,(H,15,16). The molecule has 0 bridgehead atoms. The maximum atomic E-state index is 10.9. The number of rotatable bonds is 6. The second kappa shape index (κ2) is 6.15. The average Bonchev–Trinajstić information content (AvgIpc) is 2.28. The van der Waals surface area contributed by atoms with Crippen LogP contribution in [-0.4, -0.2) is 47.8 Å². The fourth-order valence-corrected chi connectivity index (χ4v) is 1.28. The van der Waals surface area contributed by atoms with E-state index in [0.29, 0.717) is 31.4 Å². The zero-order chi connectivity index (χ0) is 12.8. The summed E-state index contributed by atoms with van der Waals surface area (Å²) in [6, 6.07) is 1.45. The van der Waals surface area contributed by atoms with Crippen molar-refractivity contribution in [2.75, 3.05) is 31.7 Å². The number of anilines is 1. The molecule has 0 radical (unpaired) electrons. The normalized spacial score (nSPS) is 10.3. The second-order valence-corrected chi connectivity index (χ2v) is 3.62. The SMILES string of the molecule is CCOCCN(C)c1nc(C)cc(C(=O)O)n1. The predicted molar refractivity (Wildman–Crippen MR) is 63.5 cm³/mol. The number of likely N-dealkylation sites (N-methyl/N-ethyl adjacent to an activating group) is 1. The summed E-state index contributed by atoms with van der Waals surface area (Å²) in [5.41, 5.74) is 0.645. The topological polar surface area (TPSA) is 75.5 Å². The lowest BCUT2D eigenvalue weighted by Gasteiger charge is -2.17. The summed E-state index contributed by atoms with van der Waals surface area (Å²) >= 11 is 0. The van der Waals surface area contributed by atoms with Crippen LogP contribution in [-0.2, 0) is 4.74 Å². The van der Waals surface area contributed by atoms with Gasteiger partial charge in [-0.15, -0.1) is 0 Å². The molecule has 17 heavy (non-hydrogen) atoms. The largest absolute Gasteiger partial charge is 0.477 e. The summed E-state index contributed by atoms with van der Waals surface area (Å²) in [6.45, 7) is 5.51. The smallest absolute Gasteiger partial charge is 0.354 e. The molecule has 94 valence electrons. The van der Waals surface area contributed by atoms with Gasteiger partial charge in [0.25, 0.3) is 0 Å². The summed E-state index contributed by atoms with van der Waals surface area (Å²) in [6.07, 6.45) is 0. The van der Waals surface area contributed by atoms with Crippen LogP contribution in [0.5, 0.6) is 0 Å². The first-order chi connectivity index (χ1) is 8.04. The van der Waals surface area contributed by atoms with Crippen molar-refractivity contribution in [3.8, 4) is 0 Å². The Balaban J connectivity index is 2.78. The van der Waals surface area contributed by atoms with Gasteiger partial charge in [0.05, 0.1) is 6.61 Å². The molecule has 6 heteroatoms. The monoisotopic (exact) mass is 239 g/mol. The van der Waals surface area contributed by atoms with Crippen LogP contribution < -0.4 is 4.90 Å². The minimum atomic E-state index is -1.05. The molecule has 0 aliphatic rings. The Bertz CT molecular complexity index is 396. The van der Waals surface area contributed by atoms with Gasteiger partial charge in [-0.2, -0.15) is 0 Å². The van der Waals surface area contributed by atoms with Crippen molar-refractivity contribution in [1.82, 2.24) is 9.97 Å². The van der Waals surface area contributed by atoms with E-state index in [0.717, 1.165) is 0 Å². The Morgan fingerprint density at radius 2 is 2.24 bits per heavy atom. The third-order valence-electron chi connectivity index (χ3n) is 2.18. The number of carboxylic acid groups (broad SMARTS) is 1. The summed E-state index contributed by atoms with van der Waals surface area (Å²) < 4.78 is 5.22. The Morgan fingerprint density at radius 1 is 1.53 bits per heavy atom. The predicted octanol–water partition coefficient (Wildman–Crippen LogP) is 0.956. The molecule has 6 nitrogen and oxygen atoms in total. The van der Waals surface area contributed by atoms with Crippen molar-refractivity contribution in [2.24, 2.45) is 0 Å². The van der Waals surface area contributed by atoms with E-state index in [1.807, 2.05) is 6.92 Å². The minimum Gasteiger partial charge on any atom is -0.477 e. The van der Waals surface area contributed by atoms with Crippen molar-refractivity contribution in [2.45, 2.75) is 13.8 Å². The molecule has 0 aromatic carbocycles. The molecule has 0 aliphatic carbocycles. The lowest BCUT2D eigenvalue weighted by atomic mass is 10.3. The zero-order valence-electron chi connectivity index (χ0n) is 10.3. The van der Waals surface area contributed by atoms with Gasteiger partial charge in [0.1, 0.15) is 0 Å². The maximum Gasteiger partial charge on any atom is 0.354 e. The van der Waals surface area contributed by atoms with Crippen molar-refractivity contribution in [3.05, 3.63) is 17.5 Å². The Kier molecular flexibility index (Phi) is 4.84. The second-order valence-electron chi connectivity index (χ2n) is 3.62. The van der Waals surface area contributed by atoms with Crippen LogP contribution in [0.3, 0.4) is 0 Å². The number of aryl methyl sites for hydroxylation is 1. The highest BCUT2D eigenvalue weighted by molar-refractivity contribution is 5.85. The fraction of sp³-hybridized carbons (Fsp3) is 0.545. The molecule has 0 spiro atoms. The van der Waals surface area contributed by atoms with Crippen molar-refractivity contribution in [1.29, 1.82) is 0 Å². The highest BCUT2D eigenvalue weighted by atomic mass is 16.5. The fourth-order valence-electron chi connectivity index (χ4n) is 1.28. The van der Waals surface area contributed by atoms with Gasteiger partial charge in [0, 0.05) is 25.9 Å². The van der Waals surface area contributed by atoms with Gasteiger partial charge in [-0.05, 0) is 19.9 Å². The van der Waals surface area contributed by atoms with Crippen molar-refractivity contribution >= 4 is 11.9 Å². The van der Waals surface area contributed by atoms with Crippen LogP contribution in [0, 0.1) is 6.92 Å². The molecule has 0 saturated heterocycles. The molecule has 0 saturated carbocycles. The third-order valence-corrected chi connectivity index (χ3v) is 2.18. The van der Waals surface area contributed by atoms with E-state index < -0.39 is 5.97 Å². The summed E-state index contributed by atoms with van der Waals surface area (Å²) in [5, 5.41) is 8.90. The van der Waals surface area contributed by atoms with Crippen molar-refractivity contribution < 1.29 is 14.6 Å². The minimum absolute atomic E-state index is 0.00996. The number of hydrogen-bond acceptors (Lipinski definition) is 5.